The zero-order valence-corrected chi connectivity index (χ0v) is 11.4. The Hall–Kier alpha value is -1.06. The molecule has 3 heteroatoms. The van der Waals surface area contributed by atoms with Gasteiger partial charge in [0.15, 0.2) is 0 Å². The molecule has 19 heavy (non-hydrogen) atoms. The van der Waals surface area contributed by atoms with E-state index in [9.17, 15) is 0 Å². The van der Waals surface area contributed by atoms with E-state index in [1.807, 2.05) is 6.07 Å². The summed E-state index contributed by atoms with van der Waals surface area (Å²) in [5.74, 6) is 1.05. The van der Waals surface area contributed by atoms with E-state index >= 15 is 0 Å². The van der Waals surface area contributed by atoms with Gasteiger partial charge in [0.25, 0.3) is 0 Å². The third-order valence-electron chi connectivity index (χ3n) is 4.02. The van der Waals surface area contributed by atoms with Crippen LogP contribution in [0.3, 0.4) is 0 Å². The normalized spacial score (nSPS) is 22.4. The highest BCUT2D eigenvalue weighted by atomic mass is 16.5. The summed E-state index contributed by atoms with van der Waals surface area (Å²) >= 11 is 0. The average Bonchev–Trinajstić information content (AvgIpc) is 3.06. The Kier molecular flexibility index (Phi) is 4.36. The van der Waals surface area contributed by atoms with Crippen molar-refractivity contribution in [3.63, 3.8) is 0 Å². The lowest BCUT2D eigenvalue weighted by Gasteiger charge is -2.14. The molecule has 0 amide bonds. The van der Waals surface area contributed by atoms with Gasteiger partial charge in [0.2, 0.25) is 0 Å². The Morgan fingerprint density at radius 3 is 2.89 bits per heavy atom. The molecular formula is C16H23NO2. The van der Waals surface area contributed by atoms with E-state index in [1.165, 1.54) is 31.2 Å². The third kappa shape index (κ3) is 3.48. The lowest BCUT2D eigenvalue weighted by molar-refractivity contribution is 0.0593. The van der Waals surface area contributed by atoms with Crippen LogP contribution in [-0.2, 0) is 11.2 Å². The number of fused-ring (bicyclic) bond motifs is 1. The Labute approximate surface area is 115 Å². The van der Waals surface area contributed by atoms with Crippen molar-refractivity contribution in [1.29, 1.82) is 0 Å². The maximum atomic E-state index is 5.88. The van der Waals surface area contributed by atoms with Crippen LogP contribution in [0.1, 0.15) is 31.2 Å². The Balaban J connectivity index is 1.29. The van der Waals surface area contributed by atoms with Gasteiger partial charge in [0, 0.05) is 19.5 Å². The van der Waals surface area contributed by atoms with Gasteiger partial charge in [-0.1, -0.05) is 31.0 Å². The van der Waals surface area contributed by atoms with Crippen LogP contribution in [0.2, 0.25) is 0 Å². The fourth-order valence-electron chi connectivity index (χ4n) is 2.98. The highest BCUT2D eigenvalue weighted by molar-refractivity contribution is 5.37. The molecule has 1 saturated carbocycles. The number of para-hydroxylation sites is 1. The first-order valence-electron chi connectivity index (χ1n) is 7.49. The standard InChI is InChI=1S/C16H23NO2/c1-4-8-16-13(5-1)11-15(19-16)12-17-9-10-18-14-6-2-3-7-14/h1,4-5,8,14-15,17H,2-3,6-7,9-12H2. The van der Waals surface area contributed by atoms with Gasteiger partial charge in [-0.15, -0.1) is 0 Å². The molecule has 3 rings (SSSR count). The molecule has 0 saturated heterocycles. The number of ether oxygens (including phenoxy) is 2. The van der Waals surface area contributed by atoms with Crippen molar-refractivity contribution in [3.8, 4) is 5.75 Å². The van der Waals surface area contributed by atoms with E-state index in [4.69, 9.17) is 9.47 Å². The minimum atomic E-state index is 0.281. The summed E-state index contributed by atoms with van der Waals surface area (Å²) in [5, 5.41) is 3.44. The topological polar surface area (TPSA) is 30.5 Å². The second-order valence-electron chi connectivity index (χ2n) is 5.53. The molecule has 1 N–H and O–H groups in total. The maximum absolute atomic E-state index is 5.88. The quantitative estimate of drug-likeness (QED) is 0.798. The Morgan fingerprint density at radius 2 is 2.05 bits per heavy atom. The van der Waals surface area contributed by atoms with Crippen LogP contribution in [0.25, 0.3) is 0 Å². The van der Waals surface area contributed by atoms with Crippen LogP contribution in [0.4, 0.5) is 0 Å². The minimum absolute atomic E-state index is 0.281. The molecule has 1 heterocycles. The SMILES string of the molecule is c1ccc2c(c1)CC(CNCCOC1CCCC1)O2. The molecule has 0 spiro atoms. The van der Waals surface area contributed by atoms with Crippen molar-refractivity contribution >= 4 is 0 Å². The minimum Gasteiger partial charge on any atom is -0.488 e. The first-order chi connectivity index (χ1) is 9.42. The number of benzene rings is 1. The zero-order chi connectivity index (χ0) is 12.9. The van der Waals surface area contributed by atoms with E-state index in [2.05, 4.69) is 23.5 Å². The molecule has 1 aromatic rings. The van der Waals surface area contributed by atoms with Crippen LogP contribution in [0, 0.1) is 0 Å². The molecule has 1 fully saturated rings. The van der Waals surface area contributed by atoms with Gasteiger partial charge in [0.1, 0.15) is 11.9 Å². The number of hydrogen-bond donors (Lipinski definition) is 1. The van der Waals surface area contributed by atoms with Crippen LogP contribution in [0.15, 0.2) is 24.3 Å². The summed E-state index contributed by atoms with van der Waals surface area (Å²) in [6.45, 7) is 2.65. The fraction of sp³-hybridized carbons (Fsp3) is 0.625. The lowest BCUT2D eigenvalue weighted by atomic mass is 10.1. The molecule has 0 radical (unpaired) electrons. The van der Waals surface area contributed by atoms with Crippen molar-refractivity contribution in [3.05, 3.63) is 29.8 Å². The monoisotopic (exact) mass is 261 g/mol. The number of rotatable bonds is 6. The van der Waals surface area contributed by atoms with Crippen molar-refractivity contribution in [2.75, 3.05) is 19.7 Å². The van der Waals surface area contributed by atoms with Gasteiger partial charge >= 0.3 is 0 Å². The van der Waals surface area contributed by atoms with E-state index in [0.29, 0.717) is 6.10 Å². The lowest BCUT2D eigenvalue weighted by Crippen LogP contribution is -2.32. The predicted octanol–water partition coefficient (Wildman–Crippen LogP) is 2.54. The van der Waals surface area contributed by atoms with Crippen LogP contribution in [-0.4, -0.2) is 31.9 Å². The summed E-state index contributed by atoms with van der Waals surface area (Å²) in [4.78, 5) is 0. The van der Waals surface area contributed by atoms with Crippen molar-refractivity contribution in [1.82, 2.24) is 5.32 Å². The molecule has 1 unspecified atom stereocenters. The Morgan fingerprint density at radius 1 is 1.21 bits per heavy atom. The maximum Gasteiger partial charge on any atom is 0.123 e. The predicted molar refractivity (Wildman–Crippen MR) is 75.6 cm³/mol. The fourth-order valence-corrected chi connectivity index (χ4v) is 2.98. The molecule has 104 valence electrons. The van der Waals surface area contributed by atoms with E-state index in [-0.39, 0.29) is 6.10 Å². The van der Waals surface area contributed by atoms with Crippen molar-refractivity contribution in [2.24, 2.45) is 0 Å². The number of hydrogen-bond acceptors (Lipinski definition) is 3. The van der Waals surface area contributed by atoms with E-state index in [0.717, 1.165) is 31.9 Å². The second-order valence-corrected chi connectivity index (χ2v) is 5.53. The highest BCUT2D eigenvalue weighted by Crippen LogP contribution is 2.27. The summed E-state index contributed by atoms with van der Waals surface area (Å²) in [7, 11) is 0. The molecular weight excluding hydrogens is 238 g/mol. The first-order valence-corrected chi connectivity index (χ1v) is 7.49. The summed E-state index contributed by atoms with van der Waals surface area (Å²) < 4.78 is 11.7. The Bertz CT molecular complexity index is 376. The van der Waals surface area contributed by atoms with Crippen molar-refractivity contribution < 1.29 is 9.47 Å². The highest BCUT2D eigenvalue weighted by Gasteiger charge is 2.21. The van der Waals surface area contributed by atoms with Gasteiger partial charge in [0.05, 0.1) is 12.7 Å². The van der Waals surface area contributed by atoms with Gasteiger partial charge in [-0.05, 0) is 24.5 Å². The zero-order valence-electron chi connectivity index (χ0n) is 11.4. The summed E-state index contributed by atoms with van der Waals surface area (Å²) in [6.07, 6.45) is 7.01. The van der Waals surface area contributed by atoms with Gasteiger partial charge in [-0.2, -0.15) is 0 Å². The van der Waals surface area contributed by atoms with Crippen molar-refractivity contribution in [2.45, 2.75) is 44.3 Å². The van der Waals surface area contributed by atoms with Crippen LogP contribution >= 0.6 is 0 Å². The summed E-state index contributed by atoms with van der Waals surface area (Å²) in [5.41, 5.74) is 1.33. The smallest absolute Gasteiger partial charge is 0.123 e. The molecule has 1 atom stereocenters. The largest absolute Gasteiger partial charge is 0.488 e. The van der Waals surface area contributed by atoms with Gasteiger partial charge in [-0.3, -0.25) is 0 Å². The molecule has 0 aromatic heterocycles. The van der Waals surface area contributed by atoms with Crippen LogP contribution < -0.4 is 10.1 Å². The van der Waals surface area contributed by atoms with Crippen LogP contribution in [0.5, 0.6) is 5.75 Å². The molecule has 3 nitrogen and oxygen atoms in total. The van der Waals surface area contributed by atoms with Gasteiger partial charge < -0.3 is 14.8 Å². The number of nitrogens with one attached hydrogen (secondary N) is 1. The third-order valence-corrected chi connectivity index (χ3v) is 4.02. The second kappa shape index (κ2) is 6.40. The molecule has 1 aliphatic carbocycles. The first kappa shape index (κ1) is 12.9. The van der Waals surface area contributed by atoms with E-state index in [1.54, 1.807) is 0 Å². The molecule has 1 aliphatic heterocycles. The van der Waals surface area contributed by atoms with E-state index < -0.39 is 0 Å². The molecule has 2 aliphatic rings. The molecule has 0 bridgehead atoms. The van der Waals surface area contributed by atoms with Gasteiger partial charge in [-0.25, -0.2) is 0 Å². The molecule has 1 aromatic carbocycles. The summed E-state index contributed by atoms with van der Waals surface area (Å²) in [6, 6.07) is 8.31. The average molecular weight is 261 g/mol.